The second-order valence-electron chi connectivity index (χ2n) is 7.88. The topological polar surface area (TPSA) is 79.9 Å². The molecule has 3 aromatic rings. The summed E-state index contributed by atoms with van der Waals surface area (Å²) in [4.78, 5) is 23.4. The van der Waals surface area contributed by atoms with Crippen LogP contribution in [0.4, 0.5) is 0 Å². The van der Waals surface area contributed by atoms with Crippen molar-refractivity contribution >= 4 is 16.9 Å². The molecule has 0 radical (unpaired) electrons. The molecule has 2 atom stereocenters. The van der Waals surface area contributed by atoms with Gasteiger partial charge in [0.05, 0.1) is 5.92 Å². The Kier molecular flexibility index (Phi) is 5.74. The van der Waals surface area contributed by atoms with Gasteiger partial charge >= 0.3 is 5.97 Å². The maximum absolute atomic E-state index is 11.8. The first-order valence-electron chi connectivity index (χ1n) is 10.3. The zero-order valence-corrected chi connectivity index (χ0v) is 16.3. The first kappa shape index (κ1) is 19.4. The van der Waals surface area contributed by atoms with Crippen molar-refractivity contribution in [1.82, 2.24) is 0 Å². The number of carbonyl (C=O) groups is 1. The summed E-state index contributed by atoms with van der Waals surface area (Å²) >= 11 is 0. The molecule has 1 aromatic heterocycles. The molecule has 5 heteroatoms. The van der Waals surface area contributed by atoms with E-state index in [4.69, 9.17) is 4.42 Å². The number of carboxylic acids is 1. The van der Waals surface area contributed by atoms with Gasteiger partial charge in [0.15, 0.2) is 0 Å². The fraction of sp³-hybridized carbons (Fsp3) is 0.375. The van der Waals surface area contributed by atoms with Crippen LogP contribution in [0.15, 0.2) is 58.1 Å². The molecule has 29 heavy (non-hydrogen) atoms. The molecule has 4 rings (SSSR count). The molecular formula is C24H25NO4. The van der Waals surface area contributed by atoms with Crippen molar-refractivity contribution in [3.63, 3.8) is 0 Å². The number of fused-ring (bicyclic) bond motifs is 3. The molecular weight excluding hydrogens is 366 g/mol. The molecule has 0 spiro atoms. The number of nitroso groups, excluding NO2 is 1. The molecule has 0 fully saturated rings. The number of hydrogen-bond donors (Lipinski definition) is 1. The molecule has 1 aliphatic rings. The van der Waals surface area contributed by atoms with Gasteiger partial charge in [-0.1, -0.05) is 47.6 Å². The second-order valence-corrected chi connectivity index (χ2v) is 7.88. The minimum absolute atomic E-state index is 0.192. The lowest BCUT2D eigenvalue weighted by Gasteiger charge is -2.16. The average Bonchev–Trinajstić information content (AvgIpc) is 3.12. The van der Waals surface area contributed by atoms with Gasteiger partial charge in [0.1, 0.15) is 17.4 Å². The fourth-order valence-corrected chi connectivity index (χ4v) is 4.33. The van der Waals surface area contributed by atoms with E-state index in [2.05, 4.69) is 5.18 Å². The smallest absolute Gasteiger partial charge is 0.306 e. The lowest BCUT2D eigenvalue weighted by atomic mass is 9.90. The summed E-state index contributed by atoms with van der Waals surface area (Å²) in [5.74, 6) is -0.465. The van der Waals surface area contributed by atoms with E-state index in [-0.39, 0.29) is 6.42 Å². The van der Waals surface area contributed by atoms with Crippen LogP contribution in [0, 0.1) is 10.8 Å². The summed E-state index contributed by atoms with van der Waals surface area (Å²) in [6, 6.07) is 14.9. The third kappa shape index (κ3) is 4.24. The van der Waals surface area contributed by atoms with Crippen molar-refractivity contribution < 1.29 is 14.3 Å². The number of carboxylic acid groups (broad SMARTS) is 1. The van der Waals surface area contributed by atoms with Crippen LogP contribution >= 0.6 is 0 Å². The van der Waals surface area contributed by atoms with E-state index in [1.165, 1.54) is 12.0 Å². The van der Waals surface area contributed by atoms with Crippen molar-refractivity contribution in [3.8, 4) is 0 Å². The number of aryl methyl sites for hydroxylation is 3. The van der Waals surface area contributed by atoms with E-state index in [1.54, 1.807) is 0 Å². The van der Waals surface area contributed by atoms with Crippen molar-refractivity contribution in [2.45, 2.75) is 51.0 Å². The second kappa shape index (κ2) is 8.60. The standard InChI is InChI=1S/C24H25NO4/c26-24(27)18(11-10-16-6-2-1-3-7-16)14-21(25-28)17-12-13-20-19-8-4-5-9-22(19)29-23(20)15-17/h1-3,6-7,12-13,15,18,21H,4-5,8-11,14H2,(H,26,27). The highest BCUT2D eigenvalue weighted by atomic mass is 16.4. The highest BCUT2D eigenvalue weighted by molar-refractivity contribution is 5.83. The summed E-state index contributed by atoms with van der Waals surface area (Å²) in [6.07, 6.45) is 5.62. The SMILES string of the molecule is O=NC(CC(CCc1ccccc1)C(=O)O)c1ccc2c3c(oc2c1)CCCC3. The summed E-state index contributed by atoms with van der Waals surface area (Å²) in [6.45, 7) is 0. The van der Waals surface area contributed by atoms with Gasteiger partial charge in [-0.05, 0) is 55.7 Å². The summed E-state index contributed by atoms with van der Waals surface area (Å²) in [5.41, 5.74) is 3.88. The van der Waals surface area contributed by atoms with Gasteiger partial charge in [0, 0.05) is 17.4 Å². The van der Waals surface area contributed by atoms with Crippen LogP contribution < -0.4 is 0 Å². The van der Waals surface area contributed by atoms with Crippen LogP contribution in [-0.4, -0.2) is 11.1 Å². The van der Waals surface area contributed by atoms with Gasteiger partial charge in [-0.25, -0.2) is 0 Å². The normalized spacial score (nSPS) is 15.6. The van der Waals surface area contributed by atoms with Gasteiger partial charge in [0.2, 0.25) is 0 Å². The van der Waals surface area contributed by atoms with Crippen LogP contribution in [-0.2, 0) is 24.1 Å². The number of hydrogen-bond acceptors (Lipinski definition) is 4. The molecule has 5 nitrogen and oxygen atoms in total. The Morgan fingerprint density at radius 3 is 2.66 bits per heavy atom. The van der Waals surface area contributed by atoms with Crippen LogP contribution in [0.3, 0.4) is 0 Å². The molecule has 0 amide bonds. The van der Waals surface area contributed by atoms with E-state index in [0.717, 1.165) is 47.1 Å². The average molecular weight is 391 g/mol. The van der Waals surface area contributed by atoms with Crippen LogP contribution in [0.25, 0.3) is 11.0 Å². The minimum Gasteiger partial charge on any atom is -0.481 e. The lowest BCUT2D eigenvalue weighted by molar-refractivity contribution is -0.142. The molecule has 0 aliphatic heterocycles. The van der Waals surface area contributed by atoms with Gasteiger partial charge in [0.25, 0.3) is 0 Å². The van der Waals surface area contributed by atoms with E-state index in [0.29, 0.717) is 12.8 Å². The van der Waals surface area contributed by atoms with Crippen LogP contribution in [0.2, 0.25) is 0 Å². The van der Waals surface area contributed by atoms with E-state index < -0.39 is 17.9 Å². The molecule has 0 bridgehead atoms. The predicted octanol–water partition coefficient (Wildman–Crippen LogP) is 5.84. The van der Waals surface area contributed by atoms with Crippen molar-refractivity contribution in [2.75, 3.05) is 0 Å². The highest BCUT2D eigenvalue weighted by Crippen LogP contribution is 2.35. The van der Waals surface area contributed by atoms with E-state index in [9.17, 15) is 14.8 Å². The maximum Gasteiger partial charge on any atom is 0.306 e. The monoisotopic (exact) mass is 391 g/mol. The molecule has 1 heterocycles. The molecule has 150 valence electrons. The molecule has 1 aliphatic carbocycles. The minimum atomic E-state index is -0.885. The molecule has 1 N–H and O–H groups in total. The Morgan fingerprint density at radius 1 is 1.10 bits per heavy atom. The maximum atomic E-state index is 11.8. The lowest BCUT2D eigenvalue weighted by Crippen LogP contribution is -2.17. The molecule has 0 saturated carbocycles. The Bertz CT molecular complexity index is 1010. The third-order valence-electron chi connectivity index (χ3n) is 5.97. The zero-order valence-electron chi connectivity index (χ0n) is 16.3. The third-order valence-corrected chi connectivity index (χ3v) is 5.97. The number of benzene rings is 2. The van der Waals surface area contributed by atoms with Gasteiger partial charge in [-0.15, -0.1) is 0 Å². The van der Waals surface area contributed by atoms with Crippen molar-refractivity contribution in [1.29, 1.82) is 0 Å². The first-order valence-corrected chi connectivity index (χ1v) is 10.3. The quantitative estimate of drug-likeness (QED) is 0.489. The fourth-order valence-electron chi connectivity index (χ4n) is 4.33. The van der Waals surface area contributed by atoms with E-state index in [1.807, 2.05) is 48.5 Å². The number of nitrogens with zero attached hydrogens (tertiary/aromatic N) is 1. The van der Waals surface area contributed by atoms with Gasteiger partial charge in [-0.2, -0.15) is 4.91 Å². The molecule has 0 saturated heterocycles. The summed E-state index contributed by atoms with van der Waals surface area (Å²) in [7, 11) is 0. The Hall–Kier alpha value is -2.95. The van der Waals surface area contributed by atoms with Crippen molar-refractivity contribution in [3.05, 3.63) is 75.9 Å². The summed E-state index contributed by atoms with van der Waals surface area (Å²) in [5, 5.41) is 14.0. The number of aliphatic carboxylic acids is 1. The van der Waals surface area contributed by atoms with Crippen LogP contribution in [0.5, 0.6) is 0 Å². The van der Waals surface area contributed by atoms with Gasteiger partial charge < -0.3 is 9.52 Å². The number of rotatable bonds is 8. The van der Waals surface area contributed by atoms with Gasteiger partial charge in [-0.3, -0.25) is 4.79 Å². The predicted molar refractivity (Wildman–Crippen MR) is 112 cm³/mol. The molecule has 2 aromatic carbocycles. The largest absolute Gasteiger partial charge is 0.481 e. The Morgan fingerprint density at radius 2 is 1.90 bits per heavy atom. The number of furan rings is 1. The highest BCUT2D eigenvalue weighted by Gasteiger charge is 2.26. The Balaban J connectivity index is 1.52. The Labute approximate surface area is 169 Å². The zero-order chi connectivity index (χ0) is 20.2. The molecule has 2 unspecified atom stereocenters. The van der Waals surface area contributed by atoms with Crippen LogP contribution in [0.1, 0.15) is 54.2 Å². The summed E-state index contributed by atoms with van der Waals surface area (Å²) < 4.78 is 6.02. The van der Waals surface area contributed by atoms with E-state index >= 15 is 0 Å². The van der Waals surface area contributed by atoms with Crippen molar-refractivity contribution in [2.24, 2.45) is 11.1 Å². The first-order chi connectivity index (χ1) is 14.2.